The molecule has 1 aromatic carbocycles. The first-order valence-electron chi connectivity index (χ1n) is 7.73. The van der Waals surface area contributed by atoms with Crippen LogP contribution in [0, 0.1) is 6.92 Å². The Labute approximate surface area is 128 Å². The van der Waals surface area contributed by atoms with Crippen LogP contribution in [0.15, 0.2) is 24.3 Å². The first kappa shape index (κ1) is 16.5. The Balaban J connectivity index is 1.91. The first-order chi connectivity index (χ1) is 9.94. The van der Waals surface area contributed by atoms with Crippen molar-refractivity contribution in [2.45, 2.75) is 45.7 Å². The van der Waals surface area contributed by atoms with Gasteiger partial charge in [0, 0.05) is 25.2 Å². The minimum atomic E-state index is -3.03. The molecule has 1 aromatic rings. The van der Waals surface area contributed by atoms with Gasteiger partial charge in [0.2, 0.25) is 10.0 Å². The van der Waals surface area contributed by atoms with E-state index >= 15 is 0 Å². The highest BCUT2D eigenvalue weighted by atomic mass is 32.2. The third kappa shape index (κ3) is 4.05. The Kier molecular flexibility index (Phi) is 5.41. The standard InChI is InChI=1S/C16H26N2O2S/c1-4-21(19,20)18-11-9-15(10-12-18)17-14(3)16-8-6-5-7-13(16)2/h5-8,14-15,17H,4,9-12H2,1-3H3. The van der Waals surface area contributed by atoms with Crippen molar-refractivity contribution in [1.29, 1.82) is 0 Å². The van der Waals surface area contributed by atoms with E-state index in [1.54, 1.807) is 11.2 Å². The Morgan fingerprint density at radius 1 is 1.29 bits per heavy atom. The highest BCUT2D eigenvalue weighted by Crippen LogP contribution is 2.21. The molecule has 1 aliphatic heterocycles. The number of piperidine rings is 1. The van der Waals surface area contributed by atoms with E-state index in [-0.39, 0.29) is 5.75 Å². The molecule has 0 spiro atoms. The second-order valence-corrected chi connectivity index (χ2v) is 8.08. The molecule has 0 bridgehead atoms. The topological polar surface area (TPSA) is 49.4 Å². The molecular weight excluding hydrogens is 284 g/mol. The van der Waals surface area contributed by atoms with Gasteiger partial charge < -0.3 is 5.32 Å². The van der Waals surface area contributed by atoms with Gasteiger partial charge in [-0.05, 0) is 44.7 Å². The van der Waals surface area contributed by atoms with Gasteiger partial charge in [0.15, 0.2) is 0 Å². The van der Waals surface area contributed by atoms with Crippen LogP contribution >= 0.6 is 0 Å². The van der Waals surface area contributed by atoms with Crippen LogP contribution in [0.2, 0.25) is 0 Å². The molecule has 1 fully saturated rings. The van der Waals surface area contributed by atoms with Crippen molar-refractivity contribution >= 4 is 10.0 Å². The summed E-state index contributed by atoms with van der Waals surface area (Å²) in [6.45, 7) is 7.28. The van der Waals surface area contributed by atoms with E-state index in [0.29, 0.717) is 25.2 Å². The number of sulfonamides is 1. The number of nitrogens with one attached hydrogen (secondary N) is 1. The van der Waals surface area contributed by atoms with E-state index in [4.69, 9.17) is 0 Å². The Bertz CT molecular complexity index is 563. The molecule has 5 heteroatoms. The zero-order valence-corrected chi connectivity index (χ0v) is 14.0. The molecule has 0 radical (unpaired) electrons. The zero-order valence-electron chi connectivity index (χ0n) is 13.2. The minimum absolute atomic E-state index is 0.199. The van der Waals surface area contributed by atoms with Gasteiger partial charge in [0.1, 0.15) is 0 Å². The molecule has 0 amide bonds. The van der Waals surface area contributed by atoms with Crippen LogP contribution < -0.4 is 5.32 Å². The molecule has 1 heterocycles. The van der Waals surface area contributed by atoms with Gasteiger partial charge in [0.05, 0.1) is 5.75 Å². The lowest BCUT2D eigenvalue weighted by Crippen LogP contribution is -2.45. The summed E-state index contributed by atoms with van der Waals surface area (Å²) >= 11 is 0. The van der Waals surface area contributed by atoms with Crippen LogP contribution in [0.3, 0.4) is 0 Å². The lowest BCUT2D eigenvalue weighted by Gasteiger charge is -2.33. The molecule has 1 aliphatic rings. The van der Waals surface area contributed by atoms with E-state index < -0.39 is 10.0 Å². The smallest absolute Gasteiger partial charge is 0.213 e. The van der Waals surface area contributed by atoms with E-state index in [2.05, 4.69) is 43.4 Å². The van der Waals surface area contributed by atoms with Crippen molar-refractivity contribution < 1.29 is 8.42 Å². The average Bonchev–Trinajstić information content (AvgIpc) is 2.48. The summed E-state index contributed by atoms with van der Waals surface area (Å²) in [5.41, 5.74) is 2.62. The van der Waals surface area contributed by atoms with Gasteiger partial charge in [-0.3, -0.25) is 0 Å². The number of benzene rings is 1. The lowest BCUT2D eigenvalue weighted by atomic mass is 9.99. The van der Waals surface area contributed by atoms with Gasteiger partial charge in [-0.1, -0.05) is 24.3 Å². The number of nitrogens with zero attached hydrogens (tertiary/aromatic N) is 1. The fourth-order valence-electron chi connectivity index (χ4n) is 3.00. The van der Waals surface area contributed by atoms with Crippen molar-refractivity contribution in [1.82, 2.24) is 9.62 Å². The summed E-state index contributed by atoms with van der Waals surface area (Å²) in [6.07, 6.45) is 1.77. The fraction of sp³-hybridized carbons (Fsp3) is 0.625. The van der Waals surface area contributed by atoms with E-state index in [1.165, 1.54) is 11.1 Å². The van der Waals surface area contributed by atoms with E-state index in [1.807, 2.05) is 0 Å². The quantitative estimate of drug-likeness (QED) is 0.909. The summed E-state index contributed by atoms with van der Waals surface area (Å²) in [7, 11) is -3.03. The summed E-state index contributed by atoms with van der Waals surface area (Å²) in [4.78, 5) is 0. The summed E-state index contributed by atoms with van der Waals surface area (Å²) in [5, 5.41) is 3.64. The van der Waals surface area contributed by atoms with Crippen molar-refractivity contribution in [2.24, 2.45) is 0 Å². The van der Waals surface area contributed by atoms with E-state index in [9.17, 15) is 8.42 Å². The monoisotopic (exact) mass is 310 g/mol. The molecular formula is C16H26N2O2S. The lowest BCUT2D eigenvalue weighted by molar-refractivity contribution is 0.277. The third-order valence-corrected chi connectivity index (χ3v) is 6.23. The van der Waals surface area contributed by atoms with Crippen LogP contribution in [0.4, 0.5) is 0 Å². The van der Waals surface area contributed by atoms with Crippen LogP contribution in [0.5, 0.6) is 0 Å². The number of aryl methyl sites for hydroxylation is 1. The van der Waals surface area contributed by atoms with Gasteiger partial charge in [0.25, 0.3) is 0 Å². The Hall–Kier alpha value is -0.910. The molecule has 0 aliphatic carbocycles. The SMILES string of the molecule is CCS(=O)(=O)N1CCC(NC(C)c2ccccc2C)CC1. The van der Waals surface area contributed by atoms with Crippen LogP contribution in [0.1, 0.15) is 43.9 Å². The maximum Gasteiger partial charge on any atom is 0.213 e. The molecule has 1 unspecified atom stereocenters. The maximum atomic E-state index is 11.9. The highest BCUT2D eigenvalue weighted by Gasteiger charge is 2.27. The van der Waals surface area contributed by atoms with Crippen LogP contribution in [0.25, 0.3) is 0 Å². The predicted octanol–water partition coefficient (Wildman–Crippen LogP) is 2.46. The molecule has 1 saturated heterocycles. The van der Waals surface area contributed by atoms with Crippen LogP contribution in [-0.4, -0.2) is 37.6 Å². The molecule has 118 valence electrons. The maximum absolute atomic E-state index is 11.9. The molecule has 0 aromatic heterocycles. The van der Waals surface area contributed by atoms with Gasteiger partial charge in [-0.25, -0.2) is 12.7 Å². The van der Waals surface area contributed by atoms with Gasteiger partial charge >= 0.3 is 0 Å². The fourth-order valence-corrected chi connectivity index (χ4v) is 4.13. The summed E-state index contributed by atoms with van der Waals surface area (Å²) < 4.78 is 25.3. The van der Waals surface area contributed by atoms with Crippen molar-refractivity contribution in [3.8, 4) is 0 Å². The van der Waals surface area contributed by atoms with Gasteiger partial charge in [-0.2, -0.15) is 0 Å². The Morgan fingerprint density at radius 3 is 2.48 bits per heavy atom. The Morgan fingerprint density at radius 2 is 1.90 bits per heavy atom. The zero-order chi connectivity index (χ0) is 15.5. The van der Waals surface area contributed by atoms with Crippen molar-refractivity contribution in [3.05, 3.63) is 35.4 Å². The van der Waals surface area contributed by atoms with Crippen molar-refractivity contribution in [2.75, 3.05) is 18.8 Å². The minimum Gasteiger partial charge on any atom is -0.307 e. The average molecular weight is 310 g/mol. The highest BCUT2D eigenvalue weighted by molar-refractivity contribution is 7.89. The molecule has 0 saturated carbocycles. The summed E-state index contributed by atoms with van der Waals surface area (Å²) in [5.74, 6) is 0.199. The molecule has 4 nitrogen and oxygen atoms in total. The second kappa shape index (κ2) is 6.90. The van der Waals surface area contributed by atoms with Crippen molar-refractivity contribution in [3.63, 3.8) is 0 Å². The normalized spacial score (nSPS) is 19.6. The second-order valence-electron chi connectivity index (χ2n) is 5.82. The first-order valence-corrected chi connectivity index (χ1v) is 9.34. The number of hydrogen-bond acceptors (Lipinski definition) is 3. The number of rotatable bonds is 5. The summed E-state index contributed by atoms with van der Waals surface area (Å²) in [6, 6.07) is 9.10. The third-order valence-electron chi connectivity index (χ3n) is 4.35. The van der Waals surface area contributed by atoms with E-state index in [0.717, 1.165) is 12.8 Å². The molecule has 1 N–H and O–H groups in total. The molecule has 2 rings (SSSR count). The van der Waals surface area contributed by atoms with Gasteiger partial charge in [-0.15, -0.1) is 0 Å². The van der Waals surface area contributed by atoms with Crippen LogP contribution in [-0.2, 0) is 10.0 Å². The largest absolute Gasteiger partial charge is 0.307 e. The molecule has 1 atom stereocenters. The predicted molar refractivity (Wildman–Crippen MR) is 86.8 cm³/mol. The number of hydrogen-bond donors (Lipinski definition) is 1. The molecule has 21 heavy (non-hydrogen) atoms.